The number of fused-ring (bicyclic) bond motifs is 2. The van der Waals surface area contributed by atoms with Gasteiger partial charge in [-0.25, -0.2) is 4.98 Å². The minimum Gasteiger partial charge on any atom is -0.342 e. The highest BCUT2D eigenvalue weighted by Gasteiger charge is 2.25. The van der Waals surface area contributed by atoms with Gasteiger partial charge in [0, 0.05) is 24.0 Å². The van der Waals surface area contributed by atoms with Crippen LogP contribution in [-0.4, -0.2) is 20.4 Å². The van der Waals surface area contributed by atoms with E-state index in [0.717, 1.165) is 16.9 Å². The molecule has 2 aromatic heterocycles. The lowest BCUT2D eigenvalue weighted by Gasteiger charge is -2.22. The van der Waals surface area contributed by atoms with Crippen molar-refractivity contribution < 1.29 is 4.79 Å². The van der Waals surface area contributed by atoms with Crippen LogP contribution in [0.2, 0.25) is 0 Å². The number of aromatic amines is 1. The van der Waals surface area contributed by atoms with Crippen LogP contribution in [0.3, 0.4) is 0 Å². The second kappa shape index (κ2) is 6.96. The summed E-state index contributed by atoms with van der Waals surface area (Å²) in [7, 11) is 1.96. The first kappa shape index (κ1) is 18.0. The predicted octanol–water partition coefficient (Wildman–Crippen LogP) is 3.54. The summed E-state index contributed by atoms with van der Waals surface area (Å²) in [4.78, 5) is 32.6. The molecule has 0 aliphatic rings. The number of pyridine rings is 1. The third-order valence-electron chi connectivity index (χ3n) is 5.11. The lowest BCUT2D eigenvalue weighted by Crippen LogP contribution is -2.34. The fourth-order valence-electron chi connectivity index (χ4n) is 3.59. The number of imidazole rings is 1. The number of nitrogens with one attached hydrogen (secondary N) is 2. The molecule has 0 unspecified atom stereocenters. The summed E-state index contributed by atoms with van der Waals surface area (Å²) in [6, 6.07) is 14.8. The van der Waals surface area contributed by atoms with Crippen molar-refractivity contribution in [1.29, 1.82) is 0 Å². The van der Waals surface area contributed by atoms with Crippen molar-refractivity contribution in [3.63, 3.8) is 0 Å². The third-order valence-corrected chi connectivity index (χ3v) is 5.11. The van der Waals surface area contributed by atoms with Gasteiger partial charge in [0.15, 0.2) is 0 Å². The molecule has 0 aliphatic carbocycles. The van der Waals surface area contributed by atoms with Crippen LogP contribution in [0.15, 0.2) is 59.5 Å². The van der Waals surface area contributed by atoms with Crippen molar-refractivity contribution in [2.24, 2.45) is 13.0 Å². The third kappa shape index (κ3) is 2.97. The number of H-pyrrole nitrogens is 1. The molecule has 0 saturated carbocycles. The molecule has 1 amide bonds. The first-order valence-corrected chi connectivity index (χ1v) is 9.30. The number of carbonyl (C=O) groups excluding carboxylic acids is 1. The SMILES string of the molecule is CC(C)[C@H](NC(=O)c1c[nH]c(=O)c2ccccc12)c1nc2ccccc2n1C. The summed E-state index contributed by atoms with van der Waals surface area (Å²) in [6.07, 6.45) is 1.48. The molecule has 2 heterocycles. The van der Waals surface area contributed by atoms with Gasteiger partial charge in [-0.15, -0.1) is 0 Å². The maximum Gasteiger partial charge on any atom is 0.255 e. The smallest absolute Gasteiger partial charge is 0.255 e. The van der Waals surface area contributed by atoms with E-state index in [-0.39, 0.29) is 23.4 Å². The topological polar surface area (TPSA) is 79.8 Å². The van der Waals surface area contributed by atoms with Crippen LogP contribution in [0.25, 0.3) is 21.8 Å². The minimum atomic E-state index is -0.268. The Kier molecular flexibility index (Phi) is 4.47. The van der Waals surface area contributed by atoms with Crippen LogP contribution in [0.4, 0.5) is 0 Å². The number of aryl methyl sites for hydroxylation is 1. The quantitative estimate of drug-likeness (QED) is 0.573. The Labute approximate surface area is 162 Å². The molecule has 6 nitrogen and oxygen atoms in total. The minimum absolute atomic E-state index is 0.133. The Bertz CT molecular complexity index is 1240. The van der Waals surface area contributed by atoms with E-state index in [1.165, 1.54) is 6.20 Å². The standard InChI is InChI=1S/C22H22N4O2/c1-13(2)19(20-24-17-10-6-7-11-18(17)26(20)3)25-22(28)16-12-23-21(27)15-9-5-4-8-14(15)16/h4-13,19H,1-3H3,(H,23,27)(H,25,28)/t19-/m0/s1. The van der Waals surface area contributed by atoms with Crippen molar-refractivity contribution in [1.82, 2.24) is 19.9 Å². The summed E-state index contributed by atoms with van der Waals surface area (Å²) < 4.78 is 2.02. The Morgan fingerprint density at radius 3 is 2.46 bits per heavy atom. The molecule has 2 N–H and O–H groups in total. The second-order valence-corrected chi connectivity index (χ2v) is 7.29. The zero-order chi connectivity index (χ0) is 19.8. The molecule has 1 atom stereocenters. The van der Waals surface area contributed by atoms with Gasteiger partial charge in [0.1, 0.15) is 5.82 Å². The van der Waals surface area contributed by atoms with E-state index in [9.17, 15) is 9.59 Å². The van der Waals surface area contributed by atoms with Crippen molar-refractivity contribution in [3.8, 4) is 0 Å². The maximum absolute atomic E-state index is 13.1. The van der Waals surface area contributed by atoms with Crippen LogP contribution < -0.4 is 10.9 Å². The first-order valence-electron chi connectivity index (χ1n) is 9.30. The number of hydrogen-bond donors (Lipinski definition) is 2. The Morgan fingerprint density at radius 1 is 1.07 bits per heavy atom. The number of para-hydroxylation sites is 2. The van der Waals surface area contributed by atoms with Crippen LogP contribution >= 0.6 is 0 Å². The molecule has 0 saturated heterocycles. The molecular formula is C22H22N4O2. The van der Waals surface area contributed by atoms with E-state index in [1.807, 2.05) is 41.9 Å². The Balaban J connectivity index is 1.75. The number of carbonyl (C=O) groups is 1. The molecule has 28 heavy (non-hydrogen) atoms. The van der Waals surface area contributed by atoms with Gasteiger partial charge in [0.2, 0.25) is 0 Å². The van der Waals surface area contributed by atoms with Crippen LogP contribution in [-0.2, 0) is 7.05 Å². The normalized spacial score (nSPS) is 12.6. The predicted molar refractivity (Wildman–Crippen MR) is 110 cm³/mol. The van der Waals surface area contributed by atoms with E-state index < -0.39 is 0 Å². The maximum atomic E-state index is 13.1. The van der Waals surface area contributed by atoms with Gasteiger partial charge < -0.3 is 14.9 Å². The molecule has 142 valence electrons. The van der Waals surface area contributed by atoms with Gasteiger partial charge in [0.05, 0.1) is 22.6 Å². The van der Waals surface area contributed by atoms with Crippen molar-refractivity contribution >= 4 is 27.7 Å². The molecular weight excluding hydrogens is 352 g/mol. The van der Waals surface area contributed by atoms with Gasteiger partial charge in [-0.05, 0) is 24.1 Å². The molecule has 4 rings (SSSR count). The average Bonchev–Trinajstić information content (AvgIpc) is 3.03. The van der Waals surface area contributed by atoms with Crippen molar-refractivity contribution in [2.45, 2.75) is 19.9 Å². The lowest BCUT2D eigenvalue weighted by atomic mass is 10.0. The second-order valence-electron chi connectivity index (χ2n) is 7.29. The highest BCUT2D eigenvalue weighted by molar-refractivity contribution is 6.06. The zero-order valence-electron chi connectivity index (χ0n) is 16.1. The largest absolute Gasteiger partial charge is 0.342 e. The van der Waals surface area contributed by atoms with E-state index in [0.29, 0.717) is 16.3 Å². The number of amides is 1. The van der Waals surface area contributed by atoms with Crippen molar-refractivity contribution in [2.75, 3.05) is 0 Å². The summed E-state index contributed by atoms with van der Waals surface area (Å²) in [5.41, 5.74) is 2.16. The molecule has 0 fully saturated rings. The van der Waals surface area contributed by atoms with E-state index in [1.54, 1.807) is 18.2 Å². The van der Waals surface area contributed by atoms with Gasteiger partial charge in [-0.3, -0.25) is 9.59 Å². The summed E-state index contributed by atoms with van der Waals surface area (Å²) in [5, 5.41) is 4.25. The number of rotatable bonds is 4. The number of aromatic nitrogens is 3. The highest BCUT2D eigenvalue weighted by Crippen LogP contribution is 2.25. The highest BCUT2D eigenvalue weighted by atomic mass is 16.2. The Hall–Kier alpha value is -3.41. The monoisotopic (exact) mass is 374 g/mol. The lowest BCUT2D eigenvalue weighted by molar-refractivity contribution is 0.0924. The van der Waals surface area contributed by atoms with E-state index in [2.05, 4.69) is 24.1 Å². The molecule has 0 radical (unpaired) electrons. The van der Waals surface area contributed by atoms with Gasteiger partial charge in [-0.2, -0.15) is 0 Å². The van der Waals surface area contributed by atoms with E-state index >= 15 is 0 Å². The summed E-state index contributed by atoms with van der Waals surface area (Å²) in [5.74, 6) is 0.699. The molecule has 0 spiro atoms. The van der Waals surface area contributed by atoms with Crippen LogP contribution in [0.5, 0.6) is 0 Å². The molecule has 4 aromatic rings. The summed E-state index contributed by atoms with van der Waals surface area (Å²) in [6.45, 7) is 4.10. The van der Waals surface area contributed by atoms with Gasteiger partial charge in [0.25, 0.3) is 11.5 Å². The van der Waals surface area contributed by atoms with E-state index in [4.69, 9.17) is 4.98 Å². The number of benzene rings is 2. The number of hydrogen-bond acceptors (Lipinski definition) is 3. The van der Waals surface area contributed by atoms with Crippen LogP contribution in [0, 0.1) is 5.92 Å². The van der Waals surface area contributed by atoms with Gasteiger partial charge in [-0.1, -0.05) is 44.2 Å². The van der Waals surface area contributed by atoms with Crippen molar-refractivity contribution in [3.05, 3.63) is 76.5 Å². The first-order chi connectivity index (χ1) is 13.5. The zero-order valence-corrected chi connectivity index (χ0v) is 16.1. The fraction of sp³-hybridized carbons (Fsp3) is 0.227. The number of nitrogens with zero attached hydrogens (tertiary/aromatic N) is 2. The molecule has 0 bridgehead atoms. The van der Waals surface area contributed by atoms with Gasteiger partial charge >= 0.3 is 0 Å². The average molecular weight is 374 g/mol. The Morgan fingerprint density at radius 2 is 1.75 bits per heavy atom. The summed E-state index contributed by atoms with van der Waals surface area (Å²) >= 11 is 0. The molecule has 2 aromatic carbocycles. The molecule has 6 heteroatoms. The fourth-order valence-corrected chi connectivity index (χ4v) is 3.59. The van der Waals surface area contributed by atoms with Crippen LogP contribution in [0.1, 0.15) is 36.1 Å². The molecule has 0 aliphatic heterocycles.